The molecule has 2 amide bonds. The van der Waals surface area contributed by atoms with E-state index in [9.17, 15) is 9.59 Å². The third kappa shape index (κ3) is 2.70. The first-order chi connectivity index (χ1) is 12.1. The summed E-state index contributed by atoms with van der Waals surface area (Å²) in [7, 11) is 0. The van der Waals surface area contributed by atoms with Crippen LogP contribution in [0, 0.1) is 6.92 Å². The lowest BCUT2D eigenvalue weighted by atomic mass is 10.0. The summed E-state index contributed by atoms with van der Waals surface area (Å²) in [6, 6.07) is 7.28. The molecule has 0 atom stereocenters. The molecule has 0 bridgehead atoms. The number of aryl methyl sites for hydroxylation is 1. The minimum Gasteiger partial charge on any atom is -0.338 e. The Bertz CT molecular complexity index is 839. The predicted molar refractivity (Wildman–Crippen MR) is 93.7 cm³/mol. The van der Waals surface area contributed by atoms with Crippen LogP contribution in [-0.4, -0.2) is 50.4 Å². The van der Waals surface area contributed by atoms with Gasteiger partial charge in [-0.2, -0.15) is 0 Å². The van der Waals surface area contributed by atoms with E-state index in [1.54, 1.807) is 22.9 Å². The third-order valence-corrected chi connectivity index (χ3v) is 5.41. The lowest BCUT2D eigenvalue weighted by molar-refractivity contribution is 0.0657. The van der Waals surface area contributed by atoms with E-state index in [0.717, 1.165) is 24.4 Å². The Morgan fingerprint density at radius 3 is 2.64 bits per heavy atom. The molecule has 0 N–H and O–H groups in total. The molecule has 3 heterocycles. The summed E-state index contributed by atoms with van der Waals surface area (Å²) in [4.78, 5) is 33.2. The number of carbonyl (C=O) groups is 2. The Morgan fingerprint density at radius 1 is 1.24 bits per heavy atom. The van der Waals surface area contributed by atoms with Crippen molar-refractivity contribution in [3.63, 3.8) is 0 Å². The number of halogens is 1. The van der Waals surface area contributed by atoms with Gasteiger partial charge in [-0.3, -0.25) is 9.36 Å². The van der Waals surface area contributed by atoms with Gasteiger partial charge in [0.2, 0.25) is 0 Å². The number of imidazole rings is 1. The number of nitrogens with zero attached hydrogens (tertiary/aromatic N) is 4. The molecule has 6 nitrogen and oxygen atoms in total. The molecule has 0 saturated carbocycles. The summed E-state index contributed by atoms with van der Waals surface area (Å²) < 4.78 is 1.68. The van der Waals surface area contributed by atoms with Crippen molar-refractivity contribution in [1.29, 1.82) is 0 Å². The summed E-state index contributed by atoms with van der Waals surface area (Å²) in [6.07, 6.45) is 3.32. The summed E-state index contributed by atoms with van der Waals surface area (Å²) >= 11 is 6.13. The van der Waals surface area contributed by atoms with Gasteiger partial charge in [-0.25, -0.2) is 9.78 Å². The number of benzene rings is 1. The zero-order valence-electron chi connectivity index (χ0n) is 14.0. The van der Waals surface area contributed by atoms with Crippen LogP contribution < -0.4 is 0 Å². The quantitative estimate of drug-likeness (QED) is 0.829. The summed E-state index contributed by atoms with van der Waals surface area (Å²) in [6.45, 7) is 3.70. The van der Waals surface area contributed by atoms with Crippen LogP contribution in [0.2, 0.25) is 5.02 Å². The van der Waals surface area contributed by atoms with E-state index < -0.39 is 0 Å². The Balaban J connectivity index is 1.42. The van der Waals surface area contributed by atoms with Gasteiger partial charge in [0, 0.05) is 19.1 Å². The van der Waals surface area contributed by atoms with Gasteiger partial charge >= 0.3 is 6.03 Å². The topological polar surface area (TPSA) is 58.4 Å². The summed E-state index contributed by atoms with van der Waals surface area (Å²) in [5.41, 5.74) is 1.48. The largest absolute Gasteiger partial charge is 0.338 e. The van der Waals surface area contributed by atoms with Crippen molar-refractivity contribution >= 4 is 23.5 Å². The zero-order valence-corrected chi connectivity index (χ0v) is 14.7. The van der Waals surface area contributed by atoms with Gasteiger partial charge in [0.25, 0.3) is 5.91 Å². The standard InChI is InChI=1S/C18H19ClN4O2/c1-12-20-10-14-11-22(18(25)23(12)14)13-6-8-21(9-7-13)17(24)15-4-2-3-5-16(15)19/h2-5,10,13H,6-9,11H2,1H3. The van der Waals surface area contributed by atoms with Gasteiger partial charge in [0.1, 0.15) is 5.82 Å². The number of likely N-dealkylation sites (tertiary alicyclic amines) is 1. The molecule has 2 aromatic rings. The number of hydrogen-bond acceptors (Lipinski definition) is 3. The first kappa shape index (κ1) is 16.1. The smallest absolute Gasteiger partial charge is 0.330 e. The van der Waals surface area contributed by atoms with E-state index in [4.69, 9.17) is 11.6 Å². The van der Waals surface area contributed by atoms with E-state index in [2.05, 4.69) is 4.98 Å². The van der Waals surface area contributed by atoms with Crippen LogP contribution in [0.5, 0.6) is 0 Å². The summed E-state index contributed by atoms with van der Waals surface area (Å²) in [5, 5.41) is 0.478. The average Bonchev–Trinajstić information content (AvgIpc) is 3.15. The van der Waals surface area contributed by atoms with Crippen molar-refractivity contribution in [3.8, 4) is 0 Å². The average molecular weight is 359 g/mol. The lowest BCUT2D eigenvalue weighted by Crippen LogP contribution is -2.47. The number of piperidine rings is 1. The first-order valence-electron chi connectivity index (χ1n) is 8.44. The maximum Gasteiger partial charge on any atom is 0.330 e. The van der Waals surface area contributed by atoms with Crippen LogP contribution in [0.4, 0.5) is 4.79 Å². The van der Waals surface area contributed by atoms with Crippen LogP contribution in [0.1, 0.15) is 34.7 Å². The minimum absolute atomic E-state index is 0.000815. The SMILES string of the molecule is Cc1ncc2n1C(=O)N(C1CCN(C(=O)c3ccccc3Cl)CC1)C2. The molecule has 0 spiro atoms. The number of amides is 2. The molecule has 1 saturated heterocycles. The normalized spacial score (nSPS) is 17.9. The van der Waals surface area contributed by atoms with Crippen molar-refractivity contribution in [2.45, 2.75) is 32.4 Å². The molecule has 2 aliphatic heterocycles. The Labute approximate surface area is 151 Å². The highest BCUT2D eigenvalue weighted by molar-refractivity contribution is 6.33. The second-order valence-electron chi connectivity index (χ2n) is 6.55. The van der Waals surface area contributed by atoms with E-state index in [1.807, 2.05) is 28.9 Å². The van der Waals surface area contributed by atoms with Gasteiger partial charge in [-0.1, -0.05) is 23.7 Å². The molecule has 1 fully saturated rings. The molecule has 0 radical (unpaired) electrons. The Hall–Kier alpha value is -2.34. The molecule has 0 unspecified atom stereocenters. The van der Waals surface area contributed by atoms with Crippen LogP contribution in [0.15, 0.2) is 30.5 Å². The van der Waals surface area contributed by atoms with Crippen molar-refractivity contribution in [2.24, 2.45) is 0 Å². The number of rotatable bonds is 2. The van der Waals surface area contributed by atoms with Crippen LogP contribution in [0.25, 0.3) is 0 Å². The van der Waals surface area contributed by atoms with Crippen molar-refractivity contribution < 1.29 is 9.59 Å². The maximum atomic E-state index is 12.6. The third-order valence-electron chi connectivity index (χ3n) is 5.08. The fourth-order valence-corrected chi connectivity index (χ4v) is 3.92. The number of hydrogen-bond donors (Lipinski definition) is 0. The van der Waals surface area contributed by atoms with Gasteiger partial charge in [0.15, 0.2) is 0 Å². The highest BCUT2D eigenvalue weighted by Gasteiger charge is 2.36. The van der Waals surface area contributed by atoms with Crippen LogP contribution >= 0.6 is 11.6 Å². The van der Waals surface area contributed by atoms with Crippen molar-refractivity contribution in [1.82, 2.24) is 19.4 Å². The second kappa shape index (κ2) is 6.19. The second-order valence-corrected chi connectivity index (χ2v) is 6.95. The van der Waals surface area contributed by atoms with Gasteiger partial charge < -0.3 is 9.80 Å². The van der Waals surface area contributed by atoms with Crippen molar-refractivity contribution in [2.75, 3.05) is 13.1 Å². The highest BCUT2D eigenvalue weighted by Crippen LogP contribution is 2.27. The molecular formula is C18H19ClN4O2. The molecule has 4 rings (SSSR count). The van der Waals surface area contributed by atoms with Gasteiger partial charge in [-0.05, 0) is 31.9 Å². The van der Waals surface area contributed by atoms with Crippen LogP contribution in [0.3, 0.4) is 0 Å². The lowest BCUT2D eigenvalue weighted by Gasteiger charge is -2.36. The number of carbonyl (C=O) groups excluding carboxylic acids is 2. The molecule has 0 aliphatic carbocycles. The number of aromatic nitrogens is 2. The first-order valence-corrected chi connectivity index (χ1v) is 8.82. The maximum absolute atomic E-state index is 12.6. The molecule has 25 heavy (non-hydrogen) atoms. The molecule has 1 aromatic carbocycles. The number of fused-ring (bicyclic) bond motifs is 1. The minimum atomic E-state index is -0.0388. The van der Waals surface area contributed by atoms with Crippen LogP contribution in [-0.2, 0) is 6.54 Å². The Morgan fingerprint density at radius 2 is 1.96 bits per heavy atom. The zero-order chi connectivity index (χ0) is 17.6. The van der Waals surface area contributed by atoms with E-state index in [-0.39, 0.29) is 18.0 Å². The molecule has 130 valence electrons. The van der Waals surface area contributed by atoms with Crippen molar-refractivity contribution in [3.05, 3.63) is 52.6 Å². The fourth-order valence-electron chi connectivity index (χ4n) is 3.71. The van der Waals surface area contributed by atoms with E-state index in [0.29, 0.717) is 30.2 Å². The van der Waals surface area contributed by atoms with E-state index in [1.165, 1.54) is 0 Å². The highest BCUT2D eigenvalue weighted by atomic mass is 35.5. The molecule has 2 aliphatic rings. The fraction of sp³-hybridized carbons (Fsp3) is 0.389. The molecule has 7 heteroatoms. The molecular weight excluding hydrogens is 340 g/mol. The monoisotopic (exact) mass is 358 g/mol. The molecule has 1 aromatic heterocycles. The Kier molecular flexibility index (Phi) is 4.00. The summed E-state index contributed by atoms with van der Waals surface area (Å²) in [5.74, 6) is 0.692. The van der Waals surface area contributed by atoms with E-state index >= 15 is 0 Å². The predicted octanol–water partition coefficient (Wildman–Crippen LogP) is 2.93. The van der Waals surface area contributed by atoms with Gasteiger partial charge in [0.05, 0.1) is 29.0 Å². The van der Waals surface area contributed by atoms with Gasteiger partial charge in [-0.15, -0.1) is 0 Å².